The summed E-state index contributed by atoms with van der Waals surface area (Å²) >= 11 is 3.56. The van der Waals surface area contributed by atoms with E-state index in [4.69, 9.17) is 4.74 Å². The lowest BCUT2D eigenvalue weighted by atomic mass is 10.1. The van der Waals surface area contributed by atoms with Crippen molar-refractivity contribution in [3.63, 3.8) is 0 Å². The maximum atomic E-state index is 5.51. The SMILES string of the molecule is CCOc1ccc(CCCCNC2CC2)cc1Br. The number of halogens is 1. The molecule has 0 amide bonds. The zero-order valence-corrected chi connectivity index (χ0v) is 12.6. The Labute approximate surface area is 118 Å². The molecule has 0 spiro atoms. The van der Waals surface area contributed by atoms with Crippen LogP contribution in [0.5, 0.6) is 5.75 Å². The number of aryl methyl sites for hydroxylation is 1. The molecule has 0 saturated heterocycles. The lowest BCUT2D eigenvalue weighted by Crippen LogP contribution is -2.17. The zero-order valence-electron chi connectivity index (χ0n) is 11.0. The van der Waals surface area contributed by atoms with Gasteiger partial charge in [0.2, 0.25) is 0 Å². The maximum Gasteiger partial charge on any atom is 0.133 e. The molecule has 0 atom stereocenters. The first-order valence-electron chi connectivity index (χ1n) is 6.94. The lowest BCUT2D eigenvalue weighted by molar-refractivity contribution is 0.338. The summed E-state index contributed by atoms with van der Waals surface area (Å²) in [5.74, 6) is 0.941. The van der Waals surface area contributed by atoms with E-state index in [1.807, 2.05) is 6.92 Å². The standard InChI is InChI=1S/C15H22BrNO/c1-2-18-15-9-6-12(11-14(15)16)5-3-4-10-17-13-7-8-13/h6,9,11,13,17H,2-5,7-8,10H2,1H3. The van der Waals surface area contributed by atoms with Crippen LogP contribution < -0.4 is 10.1 Å². The average molecular weight is 312 g/mol. The highest BCUT2D eigenvalue weighted by Gasteiger charge is 2.19. The fourth-order valence-electron chi connectivity index (χ4n) is 2.02. The zero-order chi connectivity index (χ0) is 12.8. The molecule has 0 heterocycles. The predicted molar refractivity (Wildman–Crippen MR) is 79.3 cm³/mol. The number of benzene rings is 1. The molecule has 1 aromatic rings. The number of ether oxygens (including phenoxy) is 1. The van der Waals surface area contributed by atoms with Crippen molar-refractivity contribution in [3.8, 4) is 5.75 Å². The molecule has 1 N–H and O–H groups in total. The number of unbranched alkanes of at least 4 members (excludes halogenated alkanes) is 1. The van der Waals surface area contributed by atoms with E-state index in [2.05, 4.69) is 39.4 Å². The first kappa shape index (κ1) is 13.9. The van der Waals surface area contributed by atoms with E-state index in [-0.39, 0.29) is 0 Å². The number of hydrogen-bond acceptors (Lipinski definition) is 2. The van der Waals surface area contributed by atoms with Gasteiger partial charge in [-0.15, -0.1) is 0 Å². The van der Waals surface area contributed by atoms with E-state index in [0.717, 1.165) is 22.7 Å². The van der Waals surface area contributed by atoms with Crippen molar-refractivity contribution in [2.45, 2.75) is 45.1 Å². The Morgan fingerprint density at radius 2 is 2.17 bits per heavy atom. The molecular weight excluding hydrogens is 290 g/mol. The number of hydrogen-bond donors (Lipinski definition) is 1. The minimum absolute atomic E-state index is 0.713. The summed E-state index contributed by atoms with van der Waals surface area (Å²) < 4.78 is 6.58. The van der Waals surface area contributed by atoms with Gasteiger partial charge in [-0.05, 0) is 79.2 Å². The normalized spacial score (nSPS) is 14.8. The van der Waals surface area contributed by atoms with Crippen LogP contribution in [0.25, 0.3) is 0 Å². The van der Waals surface area contributed by atoms with Gasteiger partial charge in [-0.2, -0.15) is 0 Å². The van der Waals surface area contributed by atoms with Gasteiger partial charge in [-0.25, -0.2) is 0 Å². The smallest absolute Gasteiger partial charge is 0.133 e. The quantitative estimate of drug-likeness (QED) is 0.735. The maximum absolute atomic E-state index is 5.51. The topological polar surface area (TPSA) is 21.3 Å². The Morgan fingerprint density at radius 3 is 2.83 bits per heavy atom. The number of nitrogens with one attached hydrogen (secondary N) is 1. The molecule has 2 rings (SSSR count). The molecule has 1 aliphatic carbocycles. The molecule has 18 heavy (non-hydrogen) atoms. The lowest BCUT2D eigenvalue weighted by Gasteiger charge is -2.08. The molecule has 3 heteroatoms. The van der Waals surface area contributed by atoms with E-state index in [1.165, 1.54) is 37.8 Å². The van der Waals surface area contributed by atoms with Crippen LogP contribution in [0.4, 0.5) is 0 Å². The number of rotatable bonds is 8. The van der Waals surface area contributed by atoms with Crippen molar-refractivity contribution >= 4 is 15.9 Å². The molecule has 1 fully saturated rings. The summed E-state index contributed by atoms with van der Waals surface area (Å²) in [7, 11) is 0. The Kier molecular flexibility index (Phi) is 5.51. The van der Waals surface area contributed by atoms with Gasteiger partial charge in [0.05, 0.1) is 11.1 Å². The third-order valence-electron chi connectivity index (χ3n) is 3.20. The minimum atomic E-state index is 0.713. The first-order chi connectivity index (χ1) is 8.79. The molecule has 2 nitrogen and oxygen atoms in total. The summed E-state index contributed by atoms with van der Waals surface area (Å²) in [6.07, 6.45) is 6.43. The van der Waals surface area contributed by atoms with Crippen LogP contribution in [0.3, 0.4) is 0 Å². The molecule has 0 unspecified atom stereocenters. The van der Waals surface area contributed by atoms with Crippen LogP contribution in [-0.4, -0.2) is 19.2 Å². The van der Waals surface area contributed by atoms with E-state index >= 15 is 0 Å². The molecule has 100 valence electrons. The Hall–Kier alpha value is -0.540. The van der Waals surface area contributed by atoms with E-state index in [1.54, 1.807) is 0 Å². The van der Waals surface area contributed by atoms with E-state index in [9.17, 15) is 0 Å². The average Bonchev–Trinajstić information content (AvgIpc) is 3.16. The van der Waals surface area contributed by atoms with Crippen molar-refractivity contribution in [2.24, 2.45) is 0 Å². The first-order valence-corrected chi connectivity index (χ1v) is 7.73. The van der Waals surface area contributed by atoms with Gasteiger partial charge in [0.1, 0.15) is 5.75 Å². The molecule has 1 aromatic carbocycles. The highest BCUT2D eigenvalue weighted by Crippen LogP contribution is 2.26. The van der Waals surface area contributed by atoms with Crippen LogP contribution >= 0.6 is 15.9 Å². The summed E-state index contributed by atoms with van der Waals surface area (Å²) in [6, 6.07) is 7.25. The Balaban J connectivity index is 1.69. The van der Waals surface area contributed by atoms with Crippen molar-refractivity contribution in [2.75, 3.05) is 13.2 Å². The van der Waals surface area contributed by atoms with E-state index in [0.29, 0.717) is 6.61 Å². The highest BCUT2D eigenvalue weighted by atomic mass is 79.9. The largest absolute Gasteiger partial charge is 0.493 e. The van der Waals surface area contributed by atoms with Crippen LogP contribution in [0, 0.1) is 0 Å². The Bertz CT molecular complexity index is 377. The summed E-state index contributed by atoms with van der Waals surface area (Å²) in [5, 5.41) is 3.55. The van der Waals surface area contributed by atoms with Gasteiger partial charge in [0.25, 0.3) is 0 Å². The summed E-state index contributed by atoms with van der Waals surface area (Å²) in [6.45, 7) is 3.89. The van der Waals surface area contributed by atoms with Crippen LogP contribution in [0.15, 0.2) is 22.7 Å². The monoisotopic (exact) mass is 311 g/mol. The predicted octanol–water partition coefficient (Wildman–Crippen LogP) is 3.92. The van der Waals surface area contributed by atoms with Gasteiger partial charge < -0.3 is 10.1 Å². The summed E-state index contributed by atoms with van der Waals surface area (Å²) in [5.41, 5.74) is 1.39. The van der Waals surface area contributed by atoms with Crippen molar-refractivity contribution < 1.29 is 4.74 Å². The second kappa shape index (κ2) is 7.15. The molecule has 0 aromatic heterocycles. The fourth-order valence-corrected chi connectivity index (χ4v) is 2.56. The third kappa shape index (κ3) is 4.62. The molecule has 0 aliphatic heterocycles. The van der Waals surface area contributed by atoms with Crippen LogP contribution in [0.1, 0.15) is 38.2 Å². The molecule has 0 radical (unpaired) electrons. The van der Waals surface area contributed by atoms with E-state index < -0.39 is 0 Å². The van der Waals surface area contributed by atoms with Crippen molar-refractivity contribution in [1.82, 2.24) is 5.32 Å². The van der Waals surface area contributed by atoms with Gasteiger partial charge >= 0.3 is 0 Å². The van der Waals surface area contributed by atoms with Crippen LogP contribution in [-0.2, 0) is 6.42 Å². The van der Waals surface area contributed by atoms with Gasteiger partial charge in [-0.1, -0.05) is 6.07 Å². The van der Waals surface area contributed by atoms with Crippen LogP contribution in [0.2, 0.25) is 0 Å². The highest BCUT2D eigenvalue weighted by molar-refractivity contribution is 9.10. The van der Waals surface area contributed by atoms with Gasteiger partial charge in [0.15, 0.2) is 0 Å². The van der Waals surface area contributed by atoms with Crippen molar-refractivity contribution in [1.29, 1.82) is 0 Å². The second-order valence-electron chi connectivity index (χ2n) is 4.88. The fraction of sp³-hybridized carbons (Fsp3) is 0.600. The molecule has 1 saturated carbocycles. The van der Waals surface area contributed by atoms with Crippen molar-refractivity contribution in [3.05, 3.63) is 28.2 Å². The molecular formula is C15H22BrNO. The second-order valence-corrected chi connectivity index (χ2v) is 5.74. The van der Waals surface area contributed by atoms with Gasteiger partial charge in [-0.3, -0.25) is 0 Å². The summed E-state index contributed by atoms with van der Waals surface area (Å²) in [4.78, 5) is 0. The van der Waals surface area contributed by atoms with Gasteiger partial charge in [0, 0.05) is 6.04 Å². The Morgan fingerprint density at radius 1 is 1.33 bits per heavy atom. The molecule has 1 aliphatic rings. The minimum Gasteiger partial charge on any atom is -0.493 e. The molecule has 0 bridgehead atoms. The third-order valence-corrected chi connectivity index (χ3v) is 3.82.